The van der Waals surface area contributed by atoms with Crippen molar-refractivity contribution in [2.45, 2.75) is 52.5 Å². The van der Waals surface area contributed by atoms with E-state index in [9.17, 15) is 9.50 Å². The molecule has 1 aliphatic heterocycles. The van der Waals surface area contributed by atoms with Crippen LogP contribution in [0.3, 0.4) is 0 Å². The van der Waals surface area contributed by atoms with Crippen molar-refractivity contribution < 1.29 is 9.50 Å². The van der Waals surface area contributed by atoms with Gasteiger partial charge in [-0.1, -0.05) is 12.1 Å². The van der Waals surface area contributed by atoms with Crippen LogP contribution in [0.1, 0.15) is 33.7 Å². The summed E-state index contributed by atoms with van der Waals surface area (Å²) >= 11 is 1.65. The van der Waals surface area contributed by atoms with Crippen LogP contribution in [0.4, 0.5) is 4.39 Å². The Kier molecular flexibility index (Phi) is 5.95. The lowest BCUT2D eigenvalue weighted by atomic mass is 10.1. The molecule has 1 aromatic carbocycles. The van der Waals surface area contributed by atoms with Gasteiger partial charge in [-0.2, -0.15) is 0 Å². The Hall–Kier alpha value is -1.50. The van der Waals surface area contributed by atoms with Gasteiger partial charge >= 0.3 is 0 Å². The highest BCUT2D eigenvalue weighted by Crippen LogP contribution is 2.27. The van der Waals surface area contributed by atoms with Gasteiger partial charge in [-0.05, 0) is 50.9 Å². The summed E-state index contributed by atoms with van der Waals surface area (Å²) in [5.74, 6) is 0.374. The van der Waals surface area contributed by atoms with Gasteiger partial charge in [0.15, 0.2) is 0 Å². The number of likely N-dealkylation sites (tertiary alicyclic amines) is 1. The first-order valence-corrected chi connectivity index (χ1v) is 9.96. The van der Waals surface area contributed by atoms with Gasteiger partial charge in [0, 0.05) is 37.1 Å². The zero-order chi connectivity index (χ0) is 18.8. The molecule has 0 aliphatic carbocycles. The zero-order valence-electron chi connectivity index (χ0n) is 16.0. The third kappa shape index (κ3) is 4.42. The van der Waals surface area contributed by atoms with Gasteiger partial charge in [0.05, 0.1) is 11.2 Å². The van der Waals surface area contributed by atoms with Crippen molar-refractivity contribution in [3.63, 3.8) is 0 Å². The number of aryl methyl sites for hydroxylation is 3. The molecule has 0 radical (unpaired) electrons. The first kappa shape index (κ1) is 19.3. The lowest BCUT2D eigenvalue weighted by molar-refractivity contribution is 0.181. The molecule has 2 aromatic rings. The van der Waals surface area contributed by atoms with E-state index >= 15 is 0 Å². The van der Waals surface area contributed by atoms with Crippen molar-refractivity contribution in [1.82, 2.24) is 14.8 Å². The SMILES string of the molecule is Cc1cc(CN(C)C[C@@H]2C[C@H](F)CN2Cc2scnc2C)cc(C)c1O. The zero-order valence-corrected chi connectivity index (χ0v) is 16.8. The van der Waals surface area contributed by atoms with E-state index in [-0.39, 0.29) is 6.04 Å². The predicted molar refractivity (Wildman–Crippen MR) is 104 cm³/mol. The second kappa shape index (κ2) is 8.03. The molecule has 1 N–H and O–H groups in total. The van der Waals surface area contributed by atoms with E-state index in [0.29, 0.717) is 18.7 Å². The van der Waals surface area contributed by atoms with E-state index in [1.54, 1.807) is 11.3 Å². The smallest absolute Gasteiger partial charge is 0.121 e. The first-order valence-electron chi connectivity index (χ1n) is 9.08. The molecule has 1 aliphatic rings. The highest BCUT2D eigenvalue weighted by molar-refractivity contribution is 7.09. The molecule has 6 heteroatoms. The van der Waals surface area contributed by atoms with E-state index in [1.165, 1.54) is 10.4 Å². The van der Waals surface area contributed by atoms with Gasteiger partial charge in [0.25, 0.3) is 0 Å². The normalized spacial score (nSPS) is 21.0. The number of hydrogen-bond donors (Lipinski definition) is 1. The van der Waals surface area contributed by atoms with E-state index < -0.39 is 6.17 Å². The van der Waals surface area contributed by atoms with Gasteiger partial charge in [-0.15, -0.1) is 11.3 Å². The summed E-state index contributed by atoms with van der Waals surface area (Å²) in [6.07, 6.45) is -0.157. The molecule has 142 valence electrons. The molecule has 0 unspecified atom stereocenters. The standard InChI is InChI=1S/C20H28FN3OS/c1-13-5-16(6-14(2)20(13)25)8-23(4)10-18-7-17(21)9-24(18)11-19-15(3)22-12-26-19/h5-6,12,17-18,25H,7-11H2,1-4H3/t17-,18-/m0/s1. The highest BCUT2D eigenvalue weighted by Gasteiger charge is 2.33. The first-order chi connectivity index (χ1) is 12.3. The molecular formula is C20H28FN3OS. The second-order valence-electron chi connectivity index (χ2n) is 7.55. The van der Waals surface area contributed by atoms with Crippen molar-refractivity contribution in [1.29, 1.82) is 0 Å². The molecule has 1 saturated heterocycles. The number of hydrogen-bond acceptors (Lipinski definition) is 5. The number of thiazole rings is 1. The molecule has 0 saturated carbocycles. The average Bonchev–Trinajstić information content (AvgIpc) is 3.11. The lowest BCUT2D eigenvalue weighted by Crippen LogP contribution is -2.38. The Morgan fingerprint density at radius 1 is 1.31 bits per heavy atom. The Bertz CT molecular complexity index is 740. The number of phenols is 1. The van der Waals surface area contributed by atoms with Gasteiger partial charge in [0.1, 0.15) is 11.9 Å². The summed E-state index contributed by atoms with van der Waals surface area (Å²) in [5, 5.41) is 9.94. The van der Waals surface area contributed by atoms with Crippen molar-refractivity contribution in [3.8, 4) is 5.75 Å². The largest absolute Gasteiger partial charge is 0.507 e. The summed E-state index contributed by atoms with van der Waals surface area (Å²) in [6.45, 7) is 8.79. The number of likely N-dealkylation sites (N-methyl/N-ethyl adjacent to an activating group) is 1. The van der Waals surface area contributed by atoms with Crippen LogP contribution >= 0.6 is 11.3 Å². The number of rotatable bonds is 6. The Balaban J connectivity index is 1.63. The number of nitrogens with zero attached hydrogens (tertiary/aromatic N) is 3. The summed E-state index contributed by atoms with van der Waals surface area (Å²) < 4.78 is 14.1. The number of phenolic OH excluding ortho intramolecular Hbond substituents is 1. The van der Waals surface area contributed by atoms with E-state index in [4.69, 9.17) is 0 Å². The average molecular weight is 378 g/mol. The van der Waals surface area contributed by atoms with Gasteiger partial charge < -0.3 is 10.0 Å². The minimum atomic E-state index is -0.750. The van der Waals surface area contributed by atoms with Gasteiger partial charge in [-0.3, -0.25) is 4.90 Å². The lowest BCUT2D eigenvalue weighted by Gasteiger charge is -2.28. The van der Waals surface area contributed by atoms with Crippen LogP contribution in [-0.2, 0) is 13.1 Å². The van der Waals surface area contributed by atoms with Crippen molar-refractivity contribution in [2.75, 3.05) is 20.1 Å². The molecule has 0 spiro atoms. The maximum absolute atomic E-state index is 14.1. The maximum atomic E-state index is 14.1. The molecule has 1 fully saturated rings. The summed E-state index contributed by atoms with van der Waals surface area (Å²) in [4.78, 5) is 10.1. The third-order valence-corrected chi connectivity index (χ3v) is 6.11. The molecule has 26 heavy (non-hydrogen) atoms. The molecule has 0 amide bonds. The molecule has 4 nitrogen and oxygen atoms in total. The monoisotopic (exact) mass is 377 g/mol. The van der Waals surface area contributed by atoms with Gasteiger partial charge in [0.2, 0.25) is 0 Å². The summed E-state index contributed by atoms with van der Waals surface area (Å²) in [7, 11) is 2.08. The Morgan fingerprint density at radius 2 is 2.00 bits per heavy atom. The molecule has 2 heterocycles. The van der Waals surface area contributed by atoms with Crippen molar-refractivity contribution >= 4 is 11.3 Å². The van der Waals surface area contributed by atoms with Crippen LogP contribution in [0.15, 0.2) is 17.6 Å². The molecule has 0 bridgehead atoms. The summed E-state index contributed by atoms with van der Waals surface area (Å²) in [6, 6.07) is 4.28. The molecule has 1 aromatic heterocycles. The van der Waals surface area contributed by atoms with Crippen LogP contribution in [0.5, 0.6) is 5.75 Å². The fourth-order valence-electron chi connectivity index (χ4n) is 3.84. The predicted octanol–water partition coefficient (Wildman–Crippen LogP) is 3.82. The molecule has 2 atom stereocenters. The fraction of sp³-hybridized carbons (Fsp3) is 0.550. The van der Waals surface area contributed by atoms with Crippen LogP contribution in [0.2, 0.25) is 0 Å². The number of benzene rings is 1. The van der Waals surface area contributed by atoms with E-state index in [2.05, 4.69) is 21.8 Å². The third-order valence-electron chi connectivity index (χ3n) is 5.19. The number of halogens is 1. The minimum Gasteiger partial charge on any atom is -0.507 e. The maximum Gasteiger partial charge on any atom is 0.121 e. The summed E-state index contributed by atoms with van der Waals surface area (Å²) in [5.41, 5.74) is 5.91. The Morgan fingerprint density at radius 3 is 2.62 bits per heavy atom. The van der Waals surface area contributed by atoms with E-state index in [0.717, 1.165) is 36.5 Å². The fourth-order valence-corrected chi connectivity index (χ4v) is 4.64. The molecular weight excluding hydrogens is 349 g/mol. The van der Waals surface area contributed by atoms with Crippen molar-refractivity contribution in [3.05, 3.63) is 44.9 Å². The van der Waals surface area contributed by atoms with Crippen LogP contribution in [-0.4, -0.2) is 52.2 Å². The van der Waals surface area contributed by atoms with Crippen LogP contribution in [0, 0.1) is 20.8 Å². The van der Waals surface area contributed by atoms with Crippen LogP contribution < -0.4 is 0 Å². The van der Waals surface area contributed by atoms with Crippen LogP contribution in [0.25, 0.3) is 0 Å². The highest BCUT2D eigenvalue weighted by atomic mass is 32.1. The second-order valence-corrected chi connectivity index (χ2v) is 8.49. The van der Waals surface area contributed by atoms with Gasteiger partial charge in [-0.25, -0.2) is 9.37 Å². The Labute approximate surface area is 159 Å². The topological polar surface area (TPSA) is 39.6 Å². The quantitative estimate of drug-likeness (QED) is 0.831. The molecule has 3 rings (SSSR count). The number of alkyl halides is 1. The number of aromatic hydroxyl groups is 1. The minimum absolute atomic E-state index is 0.218. The number of aromatic nitrogens is 1. The van der Waals surface area contributed by atoms with E-state index in [1.807, 2.05) is 38.4 Å². The van der Waals surface area contributed by atoms with Crippen molar-refractivity contribution in [2.24, 2.45) is 0 Å².